The van der Waals surface area contributed by atoms with Crippen LogP contribution in [0.15, 0.2) is 24.3 Å². The van der Waals surface area contributed by atoms with Crippen LogP contribution in [-0.2, 0) is 27.3 Å². The van der Waals surface area contributed by atoms with Crippen LogP contribution in [0.5, 0.6) is 0 Å². The Morgan fingerprint density at radius 3 is 2.40 bits per heavy atom. The van der Waals surface area contributed by atoms with Crippen LogP contribution < -0.4 is 0 Å². The predicted molar refractivity (Wildman–Crippen MR) is 94.2 cm³/mol. The Bertz CT molecular complexity index is 622. The molecule has 1 aromatic rings. The second-order valence-corrected chi connectivity index (χ2v) is 7.18. The van der Waals surface area contributed by atoms with Crippen molar-refractivity contribution >= 4 is 11.9 Å². The first-order chi connectivity index (χ1) is 12.1. The number of carboxylic acid groups (broad SMARTS) is 1. The summed E-state index contributed by atoms with van der Waals surface area (Å²) in [5.74, 6) is -1.17. The lowest BCUT2D eigenvalue weighted by molar-refractivity contribution is -0.159. The van der Waals surface area contributed by atoms with Crippen molar-refractivity contribution in [3.05, 3.63) is 35.4 Å². The quantitative estimate of drug-likeness (QED) is 0.851. The highest BCUT2D eigenvalue weighted by atomic mass is 16.5. The molecule has 25 heavy (non-hydrogen) atoms. The molecular weight excluding hydrogens is 318 g/mol. The molecule has 1 aliphatic carbocycles. The molecule has 0 aromatic heterocycles. The molecule has 1 fully saturated rings. The van der Waals surface area contributed by atoms with E-state index in [0.29, 0.717) is 13.0 Å². The highest BCUT2D eigenvalue weighted by Crippen LogP contribution is 2.26. The van der Waals surface area contributed by atoms with Crippen LogP contribution in [0.1, 0.15) is 56.6 Å². The number of nitrogens with zero attached hydrogens (tertiary/aromatic N) is 1. The summed E-state index contributed by atoms with van der Waals surface area (Å²) >= 11 is 0. The van der Waals surface area contributed by atoms with Gasteiger partial charge in [0.25, 0.3) is 5.91 Å². The second kappa shape index (κ2) is 8.00. The fraction of sp³-hybridized carbons (Fsp3) is 0.600. The lowest BCUT2D eigenvalue weighted by Crippen LogP contribution is -2.52. The van der Waals surface area contributed by atoms with Crippen LogP contribution in [0.3, 0.4) is 0 Å². The summed E-state index contributed by atoms with van der Waals surface area (Å²) in [5, 5.41) is 9.59. The molecule has 5 nitrogen and oxygen atoms in total. The summed E-state index contributed by atoms with van der Waals surface area (Å²) in [6.45, 7) is 2.09. The minimum atomic E-state index is -0.954. The first-order valence-electron chi connectivity index (χ1n) is 9.32. The molecule has 1 N–H and O–H groups in total. The Hall–Kier alpha value is -1.88. The maximum Gasteiger partial charge on any atom is 0.326 e. The SMILES string of the molecule is CC(OC1CCCCCC1)C(=O)N1Cc2ccccc2CC1C(=O)O. The van der Waals surface area contributed by atoms with E-state index >= 15 is 0 Å². The van der Waals surface area contributed by atoms with E-state index in [4.69, 9.17) is 4.74 Å². The second-order valence-electron chi connectivity index (χ2n) is 7.18. The van der Waals surface area contributed by atoms with Crippen molar-refractivity contribution in [2.45, 2.75) is 76.7 Å². The van der Waals surface area contributed by atoms with Gasteiger partial charge in [-0.05, 0) is 30.9 Å². The van der Waals surface area contributed by atoms with Gasteiger partial charge in [-0.15, -0.1) is 0 Å². The molecule has 136 valence electrons. The zero-order valence-electron chi connectivity index (χ0n) is 14.8. The molecule has 5 heteroatoms. The van der Waals surface area contributed by atoms with Crippen molar-refractivity contribution in [1.29, 1.82) is 0 Å². The maximum atomic E-state index is 12.9. The minimum absolute atomic E-state index is 0.113. The van der Waals surface area contributed by atoms with Gasteiger partial charge in [-0.1, -0.05) is 49.9 Å². The molecule has 0 spiro atoms. The molecule has 0 bridgehead atoms. The molecule has 3 rings (SSSR count). The molecular formula is C20H27NO4. The Morgan fingerprint density at radius 2 is 1.76 bits per heavy atom. The molecule has 1 aliphatic heterocycles. The molecule has 1 heterocycles. The van der Waals surface area contributed by atoms with Crippen LogP contribution in [0.4, 0.5) is 0 Å². The van der Waals surface area contributed by atoms with Crippen molar-refractivity contribution in [2.24, 2.45) is 0 Å². The monoisotopic (exact) mass is 345 g/mol. The molecule has 1 amide bonds. The Kier molecular flexibility index (Phi) is 5.74. The largest absolute Gasteiger partial charge is 0.480 e. The van der Waals surface area contributed by atoms with Crippen LogP contribution in [0.2, 0.25) is 0 Å². The van der Waals surface area contributed by atoms with Gasteiger partial charge in [0.15, 0.2) is 0 Å². The van der Waals surface area contributed by atoms with Gasteiger partial charge in [-0.3, -0.25) is 4.79 Å². The lowest BCUT2D eigenvalue weighted by Gasteiger charge is -2.36. The number of carbonyl (C=O) groups excluding carboxylic acids is 1. The highest BCUT2D eigenvalue weighted by molar-refractivity contribution is 5.87. The van der Waals surface area contributed by atoms with Crippen LogP contribution in [0.25, 0.3) is 0 Å². The Labute approximate surface area is 149 Å². The Morgan fingerprint density at radius 1 is 1.12 bits per heavy atom. The van der Waals surface area contributed by atoms with Crippen LogP contribution in [0, 0.1) is 0 Å². The molecule has 1 saturated carbocycles. The number of amides is 1. The third-order valence-electron chi connectivity index (χ3n) is 5.36. The summed E-state index contributed by atoms with van der Waals surface area (Å²) in [6, 6.07) is 6.92. The molecule has 2 unspecified atom stereocenters. The van der Waals surface area contributed by atoms with Crippen LogP contribution >= 0.6 is 0 Å². The van der Waals surface area contributed by atoms with E-state index in [9.17, 15) is 14.7 Å². The molecule has 2 atom stereocenters. The number of fused-ring (bicyclic) bond motifs is 1. The average Bonchev–Trinajstić information content (AvgIpc) is 2.88. The van der Waals surface area contributed by atoms with Crippen molar-refractivity contribution in [3.63, 3.8) is 0 Å². The zero-order valence-corrected chi connectivity index (χ0v) is 14.8. The van der Waals surface area contributed by atoms with Crippen LogP contribution in [-0.4, -0.2) is 40.1 Å². The predicted octanol–water partition coefficient (Wildman–Crippen LogP) is 3.15. The Balaban J connectivity index is 1.71. The summed E-state index contributed by atoms with van der Waals surface area (Å²) < 4.78 is 6.02. The van der Waals surface area contributed by atoms with Gasteiger partial charge in [0.2, 0.25) is 0 Å². The van der Waals surface area contributed by atoms with Gasteiger partial charge in [-0.25, -0.2) is 4.79 Å². The summed E-state index contributed by atoms with van der Waals surface area (Å²) in [7, 11) is 0. The lowest BCUT2D eigenvalue weighted by atomic mass is 9.93. The number of benzene rings is 1. The van der Waals surface area contributed by atoms with Gasteiger partial charge < -0.3 is 14.7 Å². The number of aliphatic carboxylic acids is 1. The van der Waals surface area contributed by atoms with E-state index in [1.807, 2.05) is 24.3 Å². The number of carboxylic acids is 1. The number of hydrogen-bond acceptors (Lipinski definition) is 3. The third-order valence-corrected chi connectivity index (χ3v) is 5.36. The van der Waals surface area contributed by atoms with Gasteiger partial charge in [0.1, 0.15) is 12.1 Å². The smallest absolute Gasteiger partial charge is 0.326 e. The van der Waals surface area contributed by atoms with Gasteiger partial charge in [-0.2, -0.15) is 0 Å². The number of rotatable bonds is 4. The van der Waals surface area contributed by atoms with Crippen molar-refractivity contribution in [2.75, 3.05) is 0 Å². The fourth-order valence-electron chi connectivity index (χ4n) is 3.93. The summed E-state index contributed by atoms with van der Waals surface area (Å²) in [6.07, 6.45) is 6.58. The molecule has 0 radical (unpaired) electrons. The number of ether oxygens (including phenoxy) is 1. The zero-order chi connectivity index (χ0) is 17.8. The minimum Gasteiger partial charge on any atom is -0.480 e. The van der Waals surface area contributed by atoms with Gasteiger partial charge in [0.05, 0.1) is 6.10 Å². The summed E-state index contributed by atoms with van der Waals surface area (Å²) in [4.78, 5) is 26.1. The van der Waals surface area contributed by atoms with E-state index in [0.717, 1.165) is 36.8 Å². The van der Waals surface area contributed by atoms with Crippen molar-refractivity contribution in [1.82, 2.24) is 4.90 Å². The van der Waals surface area contributed by atoms with Crippen molar-refractivity contribution < 1.29 is 19.4 Å². The number of hydrogen-bond donors (Lipinski definition) is 1. The molecule has 1 aromatic carbocycles. The van der Waals surface area contributed by atoms with Crippen molar-refractivity contribution in [3.8, 4) is 0 Å². The topological polar surface area (TPSA) is 66.8 Å². The van der Waals surface area contributed by atoms with E-state index in [-0.39, 0.29) is 12.0 Å². The first-order valence-corrected chi connectivity index (χ1v) is 9.32. The number of carbonyl (C=O) groups is 2. The highest BCUT2D eigenvalue weighted by Gasteiger charge is 2.37. The molecule has 2 aliphatic rings. The van der Waals surface area contributed by atoms with E-state index in [2.05, 4.69) is 0 Å². The van der Waals surface area contributed by atoms with Gasteiger partial charge in [0, 0.05) is 13.0 Å². The normalized spacial score (nSPS) is 22.8. The summed E-state index contributed by atoms with van der Waals surface area (Å²) in [5.41, 5.74) is 2.03. The van der Waals surface area contributed by atoms with E-state index in [1.54, 1.807) is 6.92 Å². The van der Waals surface area contributed by atoms with Gasteiger partial charge >= 0.3 is 5.97 Å². The average molecular weight is 345 g/mol. The standard InChI is InChI=1S/C20H27NO4/c1-14(25-17-10-4-2-3-5-11-17)19(22)21-13-16-9-7-6-8-15(16)12-18(21)20(23)24/h6-9,14,17-18H,2-5,10-13H2,1H3,(H,23,24). The third kappa shape index (κ3) is 4.21. The fourth-order valence-corrected chi connectivity index (χ4v) is 3.93. The molecule has 0 saturated heterocycles. The van der Waals surface area contributed by atoms with E-state index < -0.39 is 18.1 Å². The maximum absolute atomic E-state index is 12.9. The first kappa shape index (κ1) is 17.9. The van der Waals surface area contributed by atoms with E-state index in [1.165, 1.54) is 17.7 Å².